The van der Waals surface area contributed by atoms with E-state index in [9.17, 15) is 4.39 Å². The molecule has 1 aromatic rings. The Balaban J connectivity index is 2.81. The first-order valence-corrected chi connectivity index (χ1v) is 5.04. The smallest absolute Gasteiger partial charge is 0.139 e. The van der Waals surface area contributed by atoms with Crippen molar-refractivity contribution in [2.75, 3.05) is 17.6 Å². The second kappa shape index (κ2) is 5.00. The fourth-order valence-electron chi connectivity index (χ4n) is 1.00. The largest absolute Gasteiger partial charge is 0.397 e. The molecule has 0 spiro atoms. The van der Waals surface area contributed by atoms with Crippen LogP contribution in [0.5, 0.6) is 0 Å². The SMILES string of the molecule is C/C=C/CNc1cc(Br)c(F)cc1N. The van der Waals surface area contributed by atoms with Gasteiger partial charge in [-0.15, -0.1) is 0 Å². The van der Waals surface area contributed by atoms with E-state index >= 15 is 0 Å². The maximum Gasteiger partial charge on any atom is 0.139 e. The Morgan fingerprint density at radius 3 is 2.93 bits per heavy atom. The average molecular weight is 259 g/mol. The summed E-state index contributed by atoms with van der Waals surface area (Å²) in [5, 5.41) is 3.07. The molecule has 0 fully saturated rings. The Hall–Kier alpha value is -1.03. The van der Waals surface area contributed by atoms with Crippen LogP contribution in [0.2, 0.25) is 0 Å². The quantitative estimate of drug-likeness (QED) is 0.646. The molecule has 2 nitrogen and oxygen atoms in total. The van der Waals surface area contributed by atoms with Gasteiger partial charge >= 0.3 is 0 Å². The van der Waals surface area contributed by atoms with E-state index in [0.29, 0.717) is 16.7 Å². The van der Waals surface area contributed by atoms with E-state index in [1.54, 1.807) is 6.07 Å². The van der Waals surface area contributed by atoms with Crippen molar-refractivity contribution in [3.63, 3.8) is 0 Å². The normalized spacial score (nSPS) is 10.8. The van der Waals surface area contributed by atoms with Crippen LogP contribution >= 0.6 is 15.9 Å². The molecule has 0 aliphatic carbocycles. The van der Waals surface area contributed by atoms with E-state index in [1.807, 2.05) is 19.1 Å². The first kappa shape index (κ1) is 11.0. The zero-order chi connectivity index (χ0) is 10.6. The molecule has 0 aromatic heterocycles. The zero-order valence-electron chi connectivity index (χ0n) is 7.85. The molecule has 0 bridgehead atoms. The highest BCUT2D eigenvalue weighted by Gasteiger charge is 2.04. The van der Waals surface area contributed by atoms with Crippen LogP contribution in [0.4, 0.5) is 15.8 Å². The molecule has 0 aliphatic heterocycles. The molecule has 0 unspecified atom stereocenters. The van der Waals surface area contributed by atoms with Crippen LogP contribution in [0, 0.1) is 5.82 Å². The fourth-order valence-corrected chi connectivity index (χ4v) is 1.35. The van der Waals surface area contributed by atoms with Crippen molar-refractivity contribution >= 4 is 27.3 Å². The van der Waals surface area contributed by atoms with Gasteiger partial charge in [0.15, 0.2) is 0 Å². The van der Waals surface area contributed by atoms with Gasteiger partial charge in [-0.05, 0) is 28.9 Å². The number of halogens is 2. The maximum atomic E-state index is 13.0. The van der Waals surface area contributed by atoms with Crippen molar-refractivity contribution in [2.24, 2.45) is 0 Å². The molecule has 0 aliphatic rings. The number of hydrogen-bond acceptors (Lipinski definition) is 2. The van der Waals surface area contributed by atoms with E-state index in [0.717, 1.165) is 5.69 Å². The van der Waals surface area contributed by atoms with E-state index in [-0.39, 0.29) is 5.82 Å². The molecule has 0 saturated carbocycles. The van der Waals surface area contributed by atoms with Gasteiger partial charge in [-0.1, -0.05) is 12.2 Å². The Morgan fingerprint density at radius 1 is 1.57 bits per heavy atom. The van der Waals surface area contributed by atoms with Gasteiger partial charge in [0.25, 0.3) is 0 Å². The lowest BCUT2D eigenvalue weighted by Crippen LogP contribution is -2.02. The summed E-state index contributed by atoms with van der Waals surface area (Å²) in [6, 6.07) is 2.93. The molecule has 1 aromatic carbocycles. The standard InChI is InChI=1S/C10H12BrFN2/c1-2-3-4-14-10-5-7(11)8(12)6-9(10)13/h2-3,5-6,14H,4,13H2,1H3/b3-2+. The summed E-state index contributed by atoms with van der Waals surface area (Å²) < 4.78 is 13.4. The van der Waals surface area contributed by atoms with Crippen molar-refractivity contribution in [2.45, 2.75) is 6.92 Å². The topological polar surface area (TPSA) is 38.0 Å². The van der Waals surface area contributed by atoms with Crippen molar-refractivity contribution in [3.05, 3.63) is 34.6 Å². The van der Waals surface area contributed by atoms with Gasteiger partial charge < -0.3 is 11.1 Å². The highest BCUT2D eigenvalue weighted by atomic mass is 79.9. The predicted molar refractivity (Wildman–Crippen MR) is 61.8 cm³/mol. The zero-order valence-corrected chi connectivity index (χ0v) is 9.44. The summed E-state index contributed by atoms with van der Waals surface area (Å²) in [6.07, 6.45) is 3.89. The van der Waals surface area contributed by atoms with Gasteiger partial charge in [0, 0.05) is 12.6 Å². The minimum atomic E-state index is -0.348. The van der Waals surface area contributed by atoms with Crippen LogP contribution in [0.15, 0.2) is 28.8 Å². The third kappa shape index (κ3) is 2.73. The van der Waals surface area contributed by atoms with Crippen LogP contribution in [0.25, 0.3) is 0 Å². The highest BCUT2D eigenvalue weighted by Crippen LogP contribution is 2.26. The van der Waals surface area contributed by atoms with E-state index in [2.05, 4.69) is 21.2 Å². The van der Waals surface area contributed by atoms with Crippen LogP contribution in [-0.4, -0.2) is 6.54 Å². The molecule has 0 radical (unpaired) electrons. The number of nitrogens with two attached hydrogens (primary N) is 1. The first-order chi connectivity index (χ1) is 6.65. The number of nitrogen functional groups attached to an aromatic ring is 1. The monoisotopic (exact) mass is 258 g/mol. The molecule has 14 heavy (non-hydrogen) atoms. The minimum absolute atomic E-state index is 0.348. The molecular formula is C10H12BrFN2. The second-order valence-electron chi connectivity index (χ2n) is 2.80. The van der Waals surface area contributed by atoms with Crippen LogP contribution < -0.4 is 11.1 Å². The third-order valence-corrected chi connectivity index (χ3v) is 2.35. The van der Waals surface area contributed by atoms with Gasteiger partial charge in [-0.2, -0.15) is 0 Å². The third-order valence-electron chi connectivity index (χ3n) is 1.74. The minimum Gasteiger partial charge on any atom is -0.397 e. The molecule has 3 N–H and O–H groups in total. The predicted octanol–water partition coefficient (Wildman–Crippen LogP) is 3.16. The summed E-state index contributed by atoms with van der Waals surface area (Å²) in [5.41, 5.74) is 6.77. The van der Waals surface area contributed by atoms with Crippen molar-refractivity contribution in [3.8, 4) is 0 Å². The summed E-state index contributed by atoms with van der Waals surface area (Å²) in [5.74, 6) is -0.348. The Kier molecular flexibility index (Phi) is 3.95. The van der Waals surface area contributed by atoms with Crippen LogP contribution in [-0.2, 0) is 0 Å². The number of allylic oxidation sites excluding steroid dienone is 1. The molecule has 4 heteroatoms. The second-order valence-corrected chi connectivity index (χ2v) is 3.66. The van der Waals surface area contributed by atoms with Crippen molar-refractivity contribution in [1.82, 2.24) is 0 Å². The molecule has 0 amide bonds. The fraction of sp³-hybridized carbons (Fsp3) is 0.200. The summed E-state index contributed by atoms with van der Waals surface area (Å²) >= 11 is 3.10. The van der Waals surface area contributed by atoms with E-state index in [1.165, 1.54) is 6.07 Å². The summed E-state index contributed by atoms with van der Waals surface area (Å²) in [7, 11) is 0. The van der Waals surface area contributed by atoms with E-state index < -0.39 is 0 Å². The number of benzene rings is 1. The van der Waals surface area contributed by atoms with Crippen LogP contribution in [0.1, 0.15) is 6.92 Å². The maximum absolute atomic E-state index is 13.0. The molecule has 0 heterocycles. The number of anilines is 2. The number of rotatable bonds is 3. The lowest BCUT2D eigenvalue weighted by molar-refractivity contribution is 0.622. The number of hydrogen-bond donors (Lipinski definition) is 2. The first-order valence-electron chi connectivity index (χ1n) is 4.24. The average Bonchev–Trinajstić information content (AvgIpc) is 2.14. The van der Waals surface area contributed by atoms with Crippen molar-refractivity contribution < 1.29 is 4.39 Å². The highest BCUT2D eigenvalue weighted by molar-refractivity contribution is 9.10. The van der Waals surface area contributed by atoms with Gasteiger partial charge in [-0.3, -0.25) is 0 Å². The van der Waals surface area contributed by atoms with Gasteiger partial charge in [0.1, 0.15) is 5.82 Å². The molecule has 1 rings (SSSR count). The van der Waals surface area contributed by atoms with Crippen LogP contribution in [0.3, 0.4) is 0 Å². The Labute approximate surface area is 91.1 Å². The Bertz CT molecular complexity index is 350. The van der Waals surface area contributed by atoms with Crippen molar-refractivity contribution in [1.29, 1.82) is 0 Å². The van der Waals surface area contributed by atoms with Gasteiger partial charge in [0.05, 0.1) is 15.8 Å². The summed E-state index contributed by atoms with van der Waals surface area (Å²) in [6.45, 7) is 2.62. The molecule has 0 saturated heterocycles. The molecular weight excluding hydrogens is 247 g/mol. The summed E-state index contributed by atoms with van der Waals surface area (Å²) in [4.78, 5) is 0. The molecule has 0 atom stereocenters. The van der Waals surface area contributed by atoms with Gasteiger partial charge in [-0.25, -0.2) is 4.39 Å². The van der Waals surface area contributed by atoms with E-state index in [4.69, 9.17) is 5.73 Å². The molecule has 76 valence electrons. The lowest BCUT2D eigenvalue weighted by atomic mass is 10.2. The van der Waals surface area contributed by atoms with Gasteiger partial charge in [0.2, 0.25) is 0 Å². The lowest BCUT2D eigenvalue weighted by Gasteiger charge is -2.08. The number of nitrogens with one attached hydrogen (secondary N) is 1. The Morgan fingerprint density at radius 2 is 2.29 bits per heavy atom.